The summed E-state index contributed by atoms with van der Waals surface area (Å²) in [6.07, 6.45) is 1.92. The van der Waals surface area contributed by atoms with Gasteiger partial charge in [0.2, 0.25) is 0 Å². The van der Waals surface area contributed by atoms with Gasteiger partial charge in [-0.1, -0.05) is 109 Å². The maximum atomic E-state index is 7.04. The second-order valence-corrected chi connectivity index (χ2v) is 18.2. The van der Waals surface area contributed by atoms with Crippen molar-refractivity contribution in [2.75, 3.05) is 16.5 Å². The predicted molar refractivity (Wildman–Crippen MR) is 215 cm³/mol. The Morgan fingerprint density at radius 2 is 1.31 bits per heavy atom. The molecule has 52 heavy (non-hydrogen) atoms. The average Bonchev–Trinajstić information content (AvgIpc) is 3.59. The largest absolute Gasteiger partial charge is 2.00 e. The van der Waals surface area contributed by atoms with Crippen molar-refractivity contribution >= 4 is 38.9 Å². The number of hydrogen-bond acceptors (Lipinski definition) is 4. The molecule has 2 aromatic heterocycles. The van der Waals surface area contributed by atoms with Crippen molar-refractivity contribution in [3.63, 3.8) is 0 Å². The molecule has 0 aliphatic carbocycles. The molecule has 0 spiro atoms. The predicted octanol–water partition coefficient (Wildman–Crippen LogP) is 12.2. The first-order valence-corrected chi connectivity index (χ1v) is 18.2. The summed E-state index contributed by atoms with van der Waals surface area (Å²) in [5, 5.41) is 2.30. The van der Waals surface area contributed by atoms with Gasteiger partial charge in [0, 0.05) is 28.8 Å². The minimum Gasteiger partial charge on any atom is -0.509 e. The monoisotopic (exact) mass is 871 g/mol. The van der Waals surface area contributed by atoms with E-state index in [0.717, 1.165) is 40.2 Å². The van der Waals surface area contributed by atoms with E-state index >= 15 is 0 Å². The number of para-hydroxylation sites is 3. The number of nitrogens with zero attached hydrogens (tertiary/aromatic N) is 4. The van der Waals surface area contributed by atoms with Crippen LogP contribution in [0.3, 0.4) is 0 Å². The van der Waals surface area contributed by atoms with E-state index in [1.54, 1.807) is 0 Å². The number of ether oxygens (including phenoxy) is 1. The molecule has 0 unspecified atom stereocenters. The third-order valence-electron chi connectivity index (χ3n) is 10.1. The molecule has 5 nitrogen and oxygen atoms in total. The zero-order valence-electron chi connectivity index (χ0n) is 32.8. The number of anilines is 3. The molecule has 0 radical (unpaired) electrons. The first-order chi connectivity index (χ1) is 23.8. The Morgan fingerprint density at radius 1 is 0.654 bits per heavy atom. The van der Waals surface area contributed by atoms with Crippen LogP contribution in [0.5, 0.6) is 11.5 Å². The van der Waals surface area contributed by atoms with Crippen LogP contribution in [0.2, 0.25) is 0 Å². The molecule has 0 fully saturated rings. The minimum absolute atomic E-state index is 0. The van der Waals surface area contributed by atoms with Crippen LogP contribution in [0, 0.1) is 12.1 Å². The SMILES string of the molecule is CC(C)(C)c1cc(Oc2[c-]c3c(cc2C(C)(C)C)c2ccccc2n3-c2cc(C(C)(C)C)ccn2)[c-]c(N2CN(C(C)(C)C)c3ccccc32)c1.[Pt+2]. The number of hydrogen-bond donors (Lipinski definition) is 0. The van der Waals surface area contributed by atoms with Gasteiger partial charge in [-0.15, -0.1) is 40.8 Å². The standard InChI is InChI=1S/C46H52N4O.Pt/c1-43(2,3)30-21-22-47-42(25-30)50-37-18-14-13-17-34(37)35-27-36(45(7,8)9)41(28-40(35)50)51-33-24-31(44(4,5)6)23-32(26-33)48-29-49(46(10,11)12)39-20-16-15-19-38(39)48;/h13-25,27H,29H2,1-12H3;/q-2;+2. The van der Waals surface area contributed by atoms with Crippen molar-refractivity contribution in [2.24, 2.45) is 0 Å². The fourth-order valence-corrected chi connectivity index (χ4v) is 7.07. The Balaban J connectivity index is 0.00000464. The summed E-state index contributed by atoms with van der Waals surface area (Å²) in [5.41, 5.74) is 8.58. The van der Waals surface area contributed by atoms with Gasteiger partial charge in [-0.25, -0.2) is 4.98 Å². The van der Waals surface area contributed by atoms with E-state index in [-0.39, 0.29) is 42.8 Å². The number of benzene rings is 4. The molecule has 3 heterocycles. The van der Waals surface area contributed by atoms with E-state index in [0.29, 0.717) is 11.5 Å². The summed E-state index contributed by atoms with van der Waals surface area (Å²) in [6.45, 7) is 27.8. The molecule has 1 aliphatic rings. The zero-order chi connectivity index (χ0) is 36.7. The summed E-state index contributed by atoms with van der Waals surface area (Å²) in [4.78, 5) is 9.73. The van der Waals surface area contributed by atoms with Gasteiger partial charge >= 0.3 is 21.1 Å². The zero-order valence-corrected chi connectivity index (χ0v) is 35.1. The summed E-state index contributed by atoms with van der Waals surface area (Å²) in [5.74, 6) is 2.26. The third kappa shape index (κ3) is 6.89. The normalized spacial score (nSPS) is 13.8. The Bertz CT molecular complexity index is 2270. The van der Waals surface area contributed by atoms with Gasteiger partial charge in [0.15, 0.2) is 0 Å². The van der Waals surface area contributed by atoms with Gasteiger partial charge in [-0.3, -0.25) is 0 Å². The smallest absolute Gasteiger partial charge is 0.509 e. The van der Waals surface area contributed by atoms with Crippen LogP contribution < -0.4 is 14.5 Å². The second-order valence-electron chi connectivity index (χ2n) is 18.2. The molecule has 6 aromatic rings. The fraction of sp³-hybridized carbons (Fsp3) is 0.370. The van der Waals surface area contributed by atoms with Crippen LogP contribution in [-0.4, -0.2) is 21.8 Å². The maximum Gasteiger partial charge on any atom is 2.00 e. The number of pyridine rings is 1. The van der Waals surface area contributed by atoms with Crippen molar-refractivity contribution in [3.8, 4) is 17.3 Å². The molecule has 0 amide bonds. The summed E-state index contributed by atoms with van der Waals surface area (Å²) >= 11 is 0. The third-order valence-corrected chi connectivity index (χ3v) is 10.1. The second kappa shape index (κ2) is 13.1. The molecule has 0 saturated heterocycles. The van der Waals surface area contributed by atoms with Crippen LogP contribution >= 0.6 is 0 Å². The van der Waals surface area contributed by atoms with E-state index in [9.17, 15) is 0 Å². The summed E-state index contributed by atoms with van der Waals surface area (Å²) < 4.78 is 9.28. The van der Waals surface area contributed by atoms with E-state index in [1.807, 2.05) is 6.20 Å². The van der Waals surface area contributed by atoms with Crippen molar-refractivity contribution in [3.05, 3.63) is 114 Å². The number of aromatic nitrogens is 2. The topological polar surface area (TPSA) is 33.5 Å². The average molecular weight is 872 g/mol. The van der Waals surface area contributed by atoms with Gasteiger partial charge in [-0.2, -0.15) is 6.07 Å². The number of fused-ring (bicyclic) bond motifs is 4. The fourth-order valence-electron chi connectivity index (χ4n) is 7.07. The number of rotatable bonds is 4. The van der Waals surface area contributed by atoms with Crippen molar-refractivity contribution in [2.45, 2.75) is 105 Å². The molecule has 7 rings (SSSR count). The minimum atomic E-state index is -0.209. The molecule has 0 bridgehead atoms. The van der Waals surface area contributed by atoms with Crippen molar-refractivity contribution in [1.82, 2.24) is 9.55 Å². The molecule has 272 valence electrons. The Kier molecular flexibility index (Phi) is 9.49. The molecule has 0 saturated carbocycles. The summed E-state index contributed by atoms with van der Waals surface area (Å²) in [6, 6.07) is 35.8. The Hall–Kier alpha value is -4.08. The Labute approximate surface area is 325 Å². The first-order valence-electron chi connectivity index (χ1n) is 18.2. The Morgan fingerprint density at radius 3 is 1.96 bits per heavy atom. The van der Waals surface area contributed by atoms with E-state index < -0.39 is 0 Å². The van der Waals surface area contributed by atoms with E-state index in [4.69, 9.17) is 9.72 Å². The molecule has 0 N–H and O–H groups in total. The van der Waals surface area contributed by atoms with Crippen LogP contribution in [0.25, 0.3) is 27.6 Å². The molecule has 6 heteroatoms. The maximum absolute atomic E-state index is 7.04. The molecular weight excluding hydrogens is 820 g/mol. The molecule has 4 aromatic carbocycles. The van der Waals surface area contributed by atoms with Gasteiger partial charge in [0.05, 0.1) is 18.0 Å². The first kappa shape index (κ1) is 37.7. The van der Waals surface area contributed by atoms with E-state index in [1.165, 1.54) is 27.9 Å². The van der Waals surface area contributed by atoms with Crippen LogP contribution in [0.4, 0.5) is 17.1 Å². The van der Waals surface area contributed by atoms with Crippen molar-refractivity contribution in [1.29, 1.82) is 0 Å². The molecule has 1 aliphatic heterocycles. The van der Waals surface area contributed by atoms with Gasteiger partial charge in [0.1, 0.15) is 5.82 Å². The van der Waals surface area contributed by atoms with E-state index in [2.05, 4.69) is 188 Å². The van der Waals surface area contributed by atoms with Gasteiger partial charge in [-0.05, 0) is 72.9 Å². The van der Waals surface area contributed by atoms with Gasteiger partial charge in [0.25, 0.3) is 0 Å². The molecule has 0 atom stereocenters. The molecular formula is C46H52N4OPt. The van der Waals surface area contributed by atoms with Crippen LogP contribution in [-0.2, 0) is 37.3 Å². The van der Waals surface area contributed by atoms with Gasteiger partial charge < -0.3 is 19.1 Å². The quantitative estimate of drug-likeness (QED) is 0.165. The van der Waals surface area contributed by atoms with Crippen LogP contribution in [0.15, 0.2) is 85.1 Å². The summed E-state index contributed by atoms with van der Waals surface area (Å²) in [7, 11) is 0. The van der Waals surface area contributed by atoms with Crippen molar-refractivity contribution < 1.29 is 25.8 Å². The van der Waals surface area contributed by atoms with Crippen LogP contribution in [0.1, 0.15) is 99.8 Å².